The molecular weight excluding hydrogens is 317 g/mol. The third-order valence-corrected chi connectivity index (χ3v) is 4.01. The molecule has 1 heterocycles. The summed E-state index contributed by atoms with van der Waals surface area (Å²) in [6, 6.07) is 4.46. The Labute approximate surface area is 119 Å². The number of carboxylic acids is 1. The molecule has 0 aromatic heterocycles. The van der Waals surface area contributed by atoms with Crippen LogP contribution in [0.1, 0.15) is 12.5 Å². The van der Waals surface area contributed by atoms with Gasteiger partial charge in [0.1, 0.15) is 11.4 Å². The summed E-state index contributed by atoms with van der Waals surface area (Å²) in [5, 5.41) is 9.57. The third-order valence-electron chi connectivity index (χ3n) is 3.52. The van der Waals surface area contributed by atoms with E-state index in [0.29, 0.717) is 30.8 Å². The van der Waals surface area contributed by atoms with Crippen LogP contribution in [0, 0.1) is 5.82 Å². The Morgan fingerprint density at radius 3 is 2.63 bits per heavy atom. The zero-order chi connectivity index (χ0) is 14.0. The van der Waals surface area contributed by atoms with Crippen LogP contribution in [0.2, 0.25) is 0 Å². The number of hydrogen-bond donors (Lipinski definition) is 1. The summed E-state index contributed by atoms with van der Waals surface area (Å²) in [7, 11) is 0. The second-order valence-electron chi connectivity index (χ2n) is 4.60. The van der Waals surface area contributed by atoms with Crippen molar-refractivity contribution in [3.63, 3.8) is 0 Å². The minimum absolute atomic E-state index is 0.171. The number of morpholine rings is 1. The molecule has 1 atom stereocenters. The van der Waals surface area contributed by atoms with Gasteiger partial charge in [-0.25, -0.2) is 9.18 Å². The molecule has 0 saturated carbocycles. The molecule has 1 N–H and O–H groups in total. The summed E-state index contributed by atoms with van der Waals surface area (Å²) < 4.78 is 19.9. The van der Waals surface area contributed by atoms with E-state index in [0.717, 1.165) is 0 Å². The van der Waals surface area contributed by atoms with Gasteiger partial charge < -0.3 is 9.84 Å². The largest absolute Gasteiger partial charge is 0.480 e. The van der Waals surface area contributed by atoms with Gasteiger partial charge in [-0.05, 0) is 19.1 Å². The van der Waals surface area contributed by atoms with Crippen LogP contribution in [0.4, 0.5) is 4.39 Å². The van der Waals surface area contributed by atoms with Gasteiger partial charge in [0.2, 0.25) is 0 Å². The van der Waals surface area contributed by atoms with Crippen molar-refractivity contribution in [1.29, 1.82) is 0 Å². The second kappa shape index (κ2) is 5.56. The maximum atomic E-state index is 14.1. The van der Waals surface area contributed by atoms with E-state index in [-0.39, 0.29) is 5.56 Å². The molecule has 4 nitrogen and oxygen atoms in total. The molecule has 1 aliphatic rings. The Morgan fingerprint density at radius 1 is 1.47 bits per heavy atom. The van der Waals surface area contributed by atoms with Gasteiger partial charge in [0.05, 0.1) is 13.2 Å². The fourth-order valence-electron chi connectivity index (χ4n) is 2.32. The predicted octanol–water partition coefficient (Wildman–Crippen LogP) is 2.22. The lowest BCUT2D eigenvalue weighted by Crippen LogP contribution is -2.54. The summed E-state index contributed by atoms with van der Waals surface area (Å²) in [6.07, 6.45) is 0. The molecule has 1 aromatic carbocycles. The fraction of sp³-hybridized carbons (Fsp3) is 0.462. The molecule has 6 heteroatoms. The number of carbonyl (C=O) groups is 1. The van der Waals surface area contributed by atoms with Crippen LogP contribution in [0.25, 0.3) is 0 Å². The van der Waals surface area contributed by atoms with Crippen LogP contribution in [0.5, 0.6) is 0 Å². The standard InChI is InChI=1S/C13H15BrFNO3/c1-13(12(17)18,16-4-6-19-7-5-16)10-3-2-9(14)8-11(10)15/h2-3,8H,4-7H2,1H3,(H,17,18). The highest BCUT2D eigenvalue weighted by molar-refractivity contribution is 9.10. The minimum atomic E-state index is -1.38. The van der Waals surface area contributed by atoms with Crippen LogP contribution >= 0.6 is 15.9 Å². The molecule has 1 aromatic rings. The van der Waals surface area contributed by atoms with Crippen molar-refractivity contribution in [2.45, 2.75) is 12.5 Å². The zero-order valence-electron chi connectivity index (χ0n) is 10.5. The first-order chi connectivity index (χ1) is 8.96. The molecule has 0 amide bonds. The maximum Gasteiger partial charge on any atom is 0.328 e. The molecule has 1 fully saturated rings. The van der Waals surface area contributed by atoms with Crippen molar-refractivity contribution in [1.82, 2.24) is 4.90 Å². The summed E-state index contributed by atoms with van der Waals surface area (Å²) in [4.78, 5) is 13.4. The highest BCUT2D eigenvalue weighted by atomic mass is 79.9. The van der Waals surface area contributed by atoms with E-state index < -0.39 is 17.3 Å². The second-order valence-corrected chi connectivity index (χ2v) is 5.52. The molecular formula is C13H15BrFNO3. The molecule has 19 heavy (non-hydrogen) atoms. The van der Waals surface area contributed by atoms with E-state index in [9.17, 15) is 14.3 Å². The minimum Gasteiger partial charge on any atom is -0.480 e. The molecule has 1 unspecified atom stereocenters. The first-order valence-electron chi connectivity index (χ1n) is 5.98. The van der Waals surface area contributed by atoms with Crippen molar-refractivity contribution in [2.24, 2.45) is 0 Å². The summed E-state index contributed by atoms with van der Waals surface area (Å²) in [6.45, 7) is 3.39. The van der Waals surface area contributed by atoms with Crippen LogP contribution < -0.4 is 0 Å². The van der Waals surface area contributed by atoms with Gasteiger partial charge in [-0.15, -0.1) is 0 Å². The smallest absolute Gasteiger partial charge is 0.328 e. The van der Waals surface area contributed by atoms with E-state index in [1.807, 2.05) is 0 Å². The molecule has 104 valence electrons. The van der Waals surface area contributed by atoms with Crippen molar-refractivity contribution in [3.8, 4) is 0 Å². The predicted molar refractivity (Wildman–Crippen MR) is 71.5 cm³/mol. The highest BCUT2D eigenvalue weighted by Crippen LogP contribution is 2.32. The quantitative estimate of drug-likeness (QED) is 0.922. The highest BCUT2D eigenvalue weighted by Gasteiger charge is 2.43. The van der Waals surface area contributed by atoms with Gasteiger partial charge in [-0.3, -0.25) is 4.90 Å². The van der Waals surface area contributed by atoms with Crippen LogP contribution in [0.3, 0.4) is 0 Å². The molecule has 2 rings (SSSR count). The Kier molecular flexibility index (Phi) is 4.23. The van der Waals surface area contributed by atoms with Gasteiger partial charge in [0.15, 0.2) is 0 Å². The SMILES string of the molecule is CC(C(=O)O)(c1ccc(Br)cc1F)N1CCOCC1. The molecule has 0 radical (unpaired) electrons. The molecule has 1 saturated heterocycles. The van der Waals surface area contributed by atoms with Crippen molar-refractivity contribution >= 4 is 21.9 Å². The van der Waals surface area contributed by atoms with E-state index in [4.69, 9.17) is 4.74 Å². The topological polar surface area (TPSA) is 49.8 Å². The van der Waals surface area contributed by atoms with Crippen LogP contribution in [-0.4, -0.2) is 42.3 Å². The average molecular weight is 332 g/mol. The van der Waals surface area contributed by atoms with E-state index in [1.54, 1.807) is 11.0 Å². The number of ether oxygens (including phenoxy) is 1. The van der Waals surface area contributed by atoms with Gasteiger partial charge in [-0.1, -0.05) is 22.0 Å². The lowest BCUT2D eigenvalue weighted by molar-refractivity contribution is -0.154. The van der Waals surface area contributed by atoms with Crippen LogP contribution in [-0.2, 0) is 15.1 Å². The zero-order valence-corrected chi connectivity index (χ0v) is 12.1. The number of aliphatic carboxylic acids is 1. The number of hydrogen-bond acceptors (Lipinski definition) is 3. The summed E-state index contributed by atoms with van der Waals surface area (Å²) >= 11 is 3.18. The van der Waals surface area contributed by atoms with Gasteiger partial charge in [0, 0.05) is 23.1 Å². The van der Waals surface area contributed by atoms with E-state index in [1.165, 1.54) is 19.1 Å². The number of rotatable bonds is 3. The number of carboxylic acid groups (broad SMARTS) is 1. The lowest BCUT2D eigenvalue weighted by Gasteiger charge is -2.40. The molecule has 1 aliphatic heterocycles. The Hall–Kier alpha value is -0.980. The van der Waals surface area contributed by atoms with E-state index >= 15 is 0 Å². The normalized spacial score (nSPS) is 19.9. The van der Waals surface area contributed by atoms with Gasteiger partial charge in [-0.2, -0.15) is 0 Å². The third kappa shape index (κ3) is 2.66. The van der Waals surface area contributed by atoms with Crippen LogP contribution in [0.15, 0.2) is 22.7 Å². The van der Waals surface area contributed by atoms with Crippen molar-refractivity contribution in [2.75, 3.05) is 26.3 Å². The summed E-state index contributed by atoms with van der Waals surface area (Å²) in [5.74, 6) is -1.58. The molecule has 0 bridgehead atoms. The monoisotopic (exact) mass is 331 g/mol. The maximum absolute atomic E-state index is 14.1. The first kappa shape index (κ1) is 14.4. The number of nitrogens with zero attached hydrogens (tertiary/aromatic N) is 1. The molecule has 0 spiro atoms. The van der Waals surface area contributed by atoms with Crippen molar-refractivity contribution in [3.05, 3.63) is 34.1 Å². The Bertz CT molecular complexity index is 491. The van der Waals surface area contributed by atoms with E-state index in [2.05, 4.69) is 15.9 Å². The average Bonchev–Trinajstić information content (AvgIpc) is 2.38. The lowest BCUT2D eigenvalue weighted by atomic mass is 9.89. The van der Waals surface area contributed by atoms with Crippen molar-refractivity contribution < 1.29 is 19.0 Å². The fourth-order valence-corrected chi connectivity index (χ4v) is 2.65. The summed E-state index contributed by atoms with van der Waals surface area (Å²) in [5.41, 5.74) is -1.21. The Morgan fingerprint density at radius 2 is 2.11 bits per heavy atom. The molecule has 0 aliphatic carbocycles. The van der Waals surface area contributed by atoms with Gasteiger partial charge >= 0.3 is 5.97 Å². The number of benzene rings is 1. The Balaban J connectivity index is 2.46. The first-order valence-corrected chi connectivity index (χ1v) is 6.77. The van der Waals surface area contributed by atoms with Gasteiger partial charge in [0.25, 0.3) is 0 Å². The number of halogens is 2.